The van der Waals surface area contributed by atoms with Crippen molar-refractivity contribution in [2.45, 2.75) is 5.92 Å². The summed E-state index contributed by atoms with van der Waals surface area (Å²) in [4.78, 5) is 26.6. The molecule has 0 amide bonds. The molecule has 0 aliphatic heterocycles. The zero-order chi connectivity index (χ0) is 23.8. The largest absolute Gasteiger partial charge is 0.497 e. The van der Waals surface area contributed by atoms with Crippen LogP contribution in [0.25, 0.3) is 6.08 Å². The Balaban J connectivity index is 2.14. The van der Waals surface area contributed by atoms with Crippen molar-refractivity contribution >= 4 is 17.8 Å². The van der Waals surface area contributed by atoms with Crippen LogP contribution in [-0.2, 0) is 9.53 Å². The molecule has 0 fully saturated rings. The molecule has 170 valence electrons. The maximum Gasteiger partial charge on any atom is 0.317 e. The first-order valence-electron chi connectivity index (χ1n) is 10.3. The van der Waals surface area contributed by atoms with Gasteiger partial charge in [-0.15, -0.1) is 0 Å². The zero-order valence-corrected chi connectivity index (χ0v) is 19.0. The average molecular weight is 446 g/mol. The van der Waals surface area contributed by atoms with E-state index in [0.29, 0.717) is 28.4 Å². The van der Waals surface area contributed by atoms with Crippen molar-refractivity contribution in [3.63, 3.8) is 0 Å². The molecule has 6 heteroatoms. The Labute approximate surface area is 193 Å². The van der Waals surface area contributed by atoms with Gasteiger partial charge in [-0.05, 0) is 65.7 Å². The minimum Gasteiger partial charge on any atom is -0.497 e. The van der Waals surface area contributed by atoms with E-state index >= 15 is 0 Å². The zero-order valence-electron chi connectivity index (χ0n) is 19.0. The van der Waals surface area contributed by atoms with Crippen molar-refractivity contribution in [2.24, 2.45) is 0 Å². The normalized spacial score (nSPS) is 11.9. The number of hydrogen-bond acceptors (Lipinski definition) is 6. The molecule has 0 aliphatic rings. The Morgan fingerprint density at radius 3 is 1.58 bits per heavy atom. The molecule has 0 N–H and O–H groups in total. The number of ether oxygens (including phenoxy) is 4. The van der Waals surface area contributed by atoms with Gasteiger partial charge in [-0.2, -0.15) is 0 Å². The van der Waals surface area contributed by atoms with Crippen molar-refractivity contribution < 1.29 is 28.5 Å². The Hall–Kier alpha value is -4.06. The van der Waals surface area contributed by atoms with Crippen molar-refractivity contribution in [2.75, 3.05) is 28.4 Å². The van der Waals surface area contributed by atoms with Crippen molar-refractivity contribution in [3.05, 3.63) is 95.1 Å². The number of ketones is 1. The van der Waals surface area contributed by atoms with Gasteiger partial charge in [-0.3, -0.25) is 9.59 Å². The SMILES string of the molecule is COC(=O)C(/C(=C\c1ccc(OC)cc1)C(=O)c1ccc(OC)cc1)c1ccc(OC)cc1. The minimum absolute atomic E-state index is 0.280. The number of esters is 1. The number of carbonyl (C=O) groups excluding carboxylic acids is 2. The van der Waals surface area contributed by atoms with Gasteiger partial charge in [0.25, 0.3) is 0 Å². The van der Waals surface area contributed by atoms with Gasteiger partial charge in [-0.1, -0.05) is 24.3 Å². The molecule has 1 atom stereocenters. The first-order chi connectivity index (χ1) is 16.0. The Bertz CT molecular complexity index is 1110. The van der Waals surface area contributed by atoms with Gasteiger partial charge < -0.3 is 18.9 Å². The standard InChI is InChI=1S/C27H26O6/c1-30-21-11-5-18(6-12-21)17-24(26(28)20-9-15-23(32-3)16-10-20)25(27(29)33-4)19-7-13-22(31-2)14-8-19/h5-17,25H,1-4H3/b24-17+. The van der Waals surface area contributed by atoms with E-state index in [-0.39, 0.29) is 11.4 Å². The summed E-state index contributed by atoms with van der Waals surface area (Å²) >= 11 is 0. The van der Waals surface area contributed by atoms with Crippen LogP contribution < -0.4 is 14.2 Å². The van der Waals surface area contributed by atoms with Crippen LogP contribution in [0.4, 0.5) is 0 Å². The molecule has 33 heavy (non-hydrogen) atoms. The van der Waals surface area contributed by atoms with Gasteiger partial charge in [-0.25, -0.2) is 0 Å². The van der Waals surface area contributed by atoms with Crippen LogP contribution in [0.1, 0.15) is 27.4 Å². The summed E-state index contributed by atoms with van der Waals surface area (Å²) in [6, 6.07) is 21.0. The Morgan fingerprint density at radius 2 is 1.12 bits per heavy atom. The average Bonchev–Trinajstić information content (AvgIpc) is 2.88. The van der Waals surface area contributed by atoms with Gasteiger partial charge in [0, 0.05) is 11.1 Å². The first-order valence-corrected chi connectivity index (χ1v) is 10.3. The maximum absolute atomic E-state index is 13.7. The van der Waals surface area contributed by atoms with Crippen molar-refractivity contribution in [1.82, 2.24) is 0 Å². The second kappa shape index (κ2) is 11.0. The molecule has 0 spiro atoms. The van der Waals surface area contributed by atoms with E-state index in [1.807, 2.05) is 12.1 Å². The van der Waals surface area contributed by atoms with Crippen LogP contribution in [0.2, 0.25) is 0 Å². The van der Waals surface area contributed by atoms with Crippen LogP contribution in [0.3, 0.4) is 0 Å². The summed E-state index contributed by atoms with van der Waals surface area (Å²) in [6.45, 7) is 0. The lowest BCUT2D eigenvalue weighted by Crippen LogP contribution is -2.21. The quantitative estimate of drug-likeness (QED) is 0.264. The molecular weight excluding hydrogens is 420 g/mol. The highest BCUT2D eigenvalue weighted by atomic mass is 16.5. The summed E-state index contributed by atoms with van der Waals surface area (Å²) in [7, 11) is 6.01. The summed E-state index contributed by atoms with van der Waals surface area (Å²) in [6.07, 6.45) is 1.71. The lowest BCUT2D eigenvalue weighted by Gasteiger charge is -2.19. The molecule has 3 rings (SSSR count). The number of hydrogen-bond donors (Lipinski definition) is 0. The van der Waals surface area contributed by atoms with E-state index in [0.717, 1.165) is 5.56 Å². The van der Waals surface area contributed by atoms with Crippen LogP contribution >= 0.6 is 0 Å². The summed E-state index contributed by atoms with van der Waals surface area (Å²) in [5.41, 5.74) is 2.07. The van der Waals surface area contributed by atoms with E-state index in [1.54, 1.807) is 88.1 Å². The third kappa shape index (κ3) is 5.60. The van der Waals surface area contributed by atoms with E-state index in [1.165, 1.54) is 7.11 Å². The van der Waals surface area contributed by atoms with E-state index in [4.69, 9.17) is 18.9 Å². The predicted molar refractivity (Wildman–Crippen MR) is 126 cm³/mol. The Morgan fingerprint density at radius 1 is 0.667 bits per heavy atom. The fraction of sp³-hybridized carbons (Fsp3) is 0.185. The molecule has 0 bridgehead atoms. The number of carbonyl (C=O) groups is 2. The number of methoxy groups -OCH3 is 4. The van der Waals surface area contributed by atoms with Crippen molar-refractivity contribution in [1.29, 1.82) is 0 Å². The van der Waals surface area contributed by atoms with E-state index in [9.17, 15) is 9.59 Å². The van der Waals surface area contributed by atoms with Gasteiger partial charge in [0.1, 0.15) is 23.2 Å². The smallest absolute Gasteiger partial charge is 0.317 e. The molecule has 0 aromatic heterocycles. The summed E-state index contributed by atoms with van der Waals surface area (Å²) in [5, 5.41) is 0. The number of Topliss-reactive ketones (excluding diaryl/α,β-unsaturated/α-hetero) is 1. The molecule has 3 aromatic rings. The van der Waals surface area contributed by atoms with Crippen LogP contribution in [0.5, 0.6) is 17.2 Å². The molecule has 6 nitrogen and oxygen atoms in total. The lowest BCUT2D eigenvalue weighted by molar-refractivity contribution is -0.141. The molecule has 0 aliphatic carbocycles. The number of rotatable bonds is 9. The molecule has 3 aromatic carbocycles. The molecule has 0 radical (unpaired) electrons. The van der Waals surface area contributed by atoms with E-state index in [2.05, 4.69) is 0 Å². The Kier molecular flexibility index (Phi) is 7.86. The highest BCUT2D eigenvalue weighted by Crippen LogP contribution is 2.32. The van der Waals surface area contributed by atoms with Gasteiger partial charge >= 0.3 is 5.97 Å². The third-order valence-corrected chi connectivity index (χ3v) is 5.25. The fourth-order valence-corrected chi connectivity index (χ4v) is 3.43. The number of benzene rings is 3. The molecule has 0 saturated carbocycles. The topological polar surface area (TPSA) is 71.1 Å². The van der Waals surface area contributed by atoms with Crippen LogP contribution in [0, 0.1) is 0 Å². The molecular formula is C27H26O6. The molecule has 1 unspecified atom stereocenters. The van der Waals surface area contributed by atoms with Crippen LogP contribution in [-0.4, -0.2) is 40.2 Å². The molecule has 0 saturated heterocycles. The highest BCUT2D eigenvalue weighted by molar-refractivity contribution is 6.15. The minimum atomic E-state index is -0.933. The van der Waals surface area contributed by atoms with E-state index < -0.39 is 11.9 Å². The highest BCUT2D eigenvalue weighted by Gasteiger charge is 2.31. The third-order valence-electron chi connectivity index (χ3n) is 5.25. The second-order valence-electron chi connectivity index (χ2n) is 7.16. The first kappa shape index (κ1) is 23.6. The van der Waals surface area contributed by atoms with Crippen molar-refractivity contribution in [3.8, 4) is 17.2 Å². The van der Waals surface area contributed by atoms with Crippen LogP contribution in [0.15, 0.2) is 78.4 Å². The lowest BCUT2D eigenvalue weighted by atomic mass is 9.85. The summed E-state index contributed by atoms with van der Waals surface area (Å²) < 4.78 is 20.7. The van der Waals surface area contributed by atoms with Gasteiger partial charge in [0.05, 0.1) is 28.4 Å². The maximum atomic E-state index is 13.7. The van der Waals surface area contributed by atoms with Gasteiger partial charge in [0.2, 0.25) is 0 Å². The van der Waals surface area contributed by atoms with Gasteiger partial charge in [0.15, 0.2) is 5.78 Å². The monoisotopic (exact) mass is 446 g/mol. The second-order valence-corrected chi connectivity index (χ2v) is 7.16. The summed E-state index contributed by atoms with van der Waals surface area (Å²) in [5.74, 6) is 0.199. The fourth-order valence-electron chi connectivity index (χ4n) is 3.43. The molecule has 0 heterocycles. The predicted octanol–water partition coefficient (Wildman–Crippen LogP) is 4.94.